The first-order chi connectivity index (χ1) is 7.18. The molecule has 0 aliphatic heterocycles. The van der Waals surface area contributed by atoms with Gasteiger partial charge in [-0.1, -0.05) is 0 Å². The zero-order valence-electron chi connectivity index (χ0n) is 8.69. The van der Waals surface area contributed by atoms with Crippen LogP contribution < -0.4 is 0 Å². The van der Waals surface area contributed by atoms with E-state index in [4.69, 9.17) is 5.11 Å². The molecule has 6 N–H and O–H groups in total. The zero-order chi connectivity index (χ0) is 12.7. The molecule has 0 saturated heterocycles. The van der Waals surface area contributed by atoms with Crippen LogP contribution in [0.2, 0.25) is 0 Å². The minimum atomic E-state index is -2.36. The number of carbonyl (C=O) groups is 1. The van der Waals surface area contributed by atoms with Crippen molar-refractivity contribution < 1.29 is 35.4 Å². The fourth-order valence-corrected chi connectivity index (χ4v) is 2.04. The molecule has 7 heteroatoms. The molecule has 1 aliphatic rings. The topological polar surface area (TPSA) is 138 Å². The lowest BCUT2D eigenvalue weighted by Crippen LogP contribution is -2.58. The third kappa shape index (κ3) is 1.65. The van der Waals surface area contributed by atoms with Crippen molar-refractivity contribution in [2.45, 2.75) is 49.0 Å². The Kier molecular flexibility index (Phi) is 3.39. The van der Waals surface area contributed by atoms with E-state index < -0.39 is 42.0 Å². The lowest BCUT2D eigenvalue weighted by molar-refractivity contribution is -0.194. The summed E-state index contributed by atoms with van der Waals surface area (Å²) >= 11 is 0. The van der Waals surface area contributed by atoms with Crippen LogP contribution in [0.15, 0.2) is 0 Å². The quantitative estimate of drug-likeness (QED) is 0.280. The fourth-order valence-electron chi connectivity index (χ4n) is 2.04. The largest absolute Gasteiger partial charge is 0.387 e. The second-order valence-corrected chi connectivity index (χ2v) is 4.36. The summed E-state index contributed by atoms with van der Waals surface area (Å²) in [6.07, 6.45) is -7.54. The van der Waals surface area contributed by atoms with E-state index in [-0.39, 0.29) is 6.29 Å². The van der Waals surface area contributed by atoms with E-state index in [1.807, 2.05) is 0 Å². The van der Waals surface area contributed by atoms with Gasteiger partial charge in [0.05, 0.1) is 0 Å². The summed E-state index contributed by atoms with van der Waals surface area (Å²) in [5.41, 5.74) is -4.58. The van der Waals surface area contributed by atoms with Crippen molar-refractivity contribution in [1.29, 1.82) is 0 Å². The van der Waals surface area contributed by atoms with Crippen molar-refractivity contribution in [2.75, 3.05) is 0 Å². The molecule has 7 nitrogen and oxygen atoms in total. The summed E-state index contributed by atoms with van der Waals surface area (Å²) in [6.45, 7) is 1.01. The molecule has 1 rings (SSSR count). The molecule has 6 unspecified atom stereocenters. The maximum atomic E-state index is 10.3. The molecule has 0 aromatic carbocycles. The van der Waals surface area contributed by atoms with E-state index in [1.165, 1.54) is 0 Å². The van der Waals surface area contributed by atoms with Gasteiger partial charge in [-0.2, -0.15) is 0 Å². The van der Waals surface area contributed by atoms with E-state index in [1.54, 1.807) is 0 Å². The second kappa shape index (κ2) is 4.02. The highest BCUT2D eigenvalue weighted by atomic mass is 16.4. The van der Waals surface area contributed by atoms with Gasteiger partial charge >= 0.3 is 0 Å². The smallest absolute Gasteiger partial charge is 0.148 e. The summed E-state index contributed by atoms with van der Waals surface area (Å²) in [4.78, 5) is 10.3. The van der Waals surface area contributed by atoms with Crippen molar-refractivity contribution >= 4 is 6.29 Å². The summed E-state index contributed by atoms with van der Waals surface area (Å²) < 4.78 is 0. The Bertz CT molecular complexity index is 279. The molecule has 0 aromatic heterocycles. The number of carbonyl (C=O) groups excluding carboxylic acids is 1. The zero-order valence-corrected chi connectivity index (χ0v) is 8.69. The van der Waals surface area contributed by atoms with Crippen LogP contribution in [0.4, 0.5) is 0 Å². The molecule has 6 atom stereocenters. The van der Waals surface area contributed by atoms with Crippen LogP contribution in [0, 0.1) is 0 Å². The minimum Gasteiger partial charge on any atom is -0.387 e. The van der Waals surface area contributed by atoms with Gasteiger partial charge in [0.2, 0.25) is 0 Å². The van der Waals surface area contributed by atoms with Crippen molar-refractivity contribution in [3.05, 3.63) is 0 Å². The normalized spacial score (nSPS) is 50.3. The predicted molar refractivity (Wildman–Crippen MR) is 50.3 cm³/mol. The molecular formula is C9H16O7. The molecular weight excluding hydrogens is 220 g/mol. The summed E-state index contributed by atoms with van der Waals surface area (Å²) in [5, 5.41) is 57.2. The van der Waals surface area contributed by atoms with Gasteiger partial charge in [-0.15, -0.1) is 0 Å². The molecule has 1 saturated carbocycles. The second-order valence-electron chi connectivity index (χ2n) is 4.36. The van der Waals surface area contributed by atoms with Crippen LogP contribution in [0.5, 0.6) is 0 Å². The molecule has 0 spiro atoms. The standard InChI is InChI=1S/C9H16O7/c1-8(15)6(13)5(12)7(14)9(8,16)2-4(11)3-10/h3-7,11-16H,2H2,1H3. The summed E-state index contributed by atoms with van der Waals surface area (Å²) in [7, 11) is 0. The molecule has 0 bridgehead atoms. The van der Waals surface area contributed by atoms with Gasteiger partial charge in [-0.25, -0.2) is 0 Å². The number of hydrogen-bond acceptors (Lipinski definition) is 7. The molecule has 0 amide bonds. The van der Waals surface area contributed by atoms with E-state index in [0.29, 0.717) is 0 Å². The van der Waals surface area contributed by atoms with Gasteiger partial charge in [0.25, 0.3) is 0 Å². The van der Waals surface area contributed by atoms with Crippen LogP contribution in [-0.4, -0.2) is 72.5 Å². The lowest BCUT2D eigenvalue weighted by atomic mass is 9.81. The van der Waals surface area contributed by atoms with Crippen LogP contribution in [0.25, 0.3) is 0 Å². The van der Waals surface area contributed by atoms with Crippen molar-refractivity contribution in [3.8, 4) is 0 Å². The molecule has 94 valence electrons. The molecule has 16 heavy (non-hydrogen) atoms. The number of aliphatic hydroxyl groups is 6. The molecule has 1 aliphatic carbocycles. The first-order valence-corrected chi connectivity index (χ1v) is 4.80. The monoisotopic (exact) mass is 236 g/mol. The van der Waals surface area contributed by atoms with Crippen molar-refractivity contribution in [1.82, 2.24) is 0 Å². The Hall–Kier alpha value is -0.570. The SMILES string of the molecule is CC1(O)C(O)C(O)C(O)C1(O)CC(O)C=O. The first-order valence-electron chi connectivity index (χ1n) is 4.80. The summed E-state index contributed by atoms with van der Waals surface area (Å²) in [6, 6.07) is 0. The van der Waals surface area contributed by atoms with Gasteiger partial charge in [0.15, 0.2) is 0 Å². The van der Waals surface area contributed by atoms with Gasteiger partial charge in [0, 0.05) is 6.42 Å². The van der Waals surface area contributed by atoms with Crippen molar-refractivity contribution in [2.24, 2.45) is 0 Å². The molecule has 0 radical (unpaired) electrons. The first kappa shape index (κ1) is 13.5. The van der Waals surface area contributed by atoms with E-state index in [9.17, 15) is 30.3 Å². The Morgan fingerprint density at radius 2 is 1.75 bits per heavy atom. The van der Waals surface area contributed by atoms with Crippen LogP contribution in [0.3, 0.4) is 0 Å². The van der Waals surface area contributed by atoms with Crippen LogP contribution in [-0.2, 0) is 4.79 Å². The number of aliphatic hydroxyl groups excluding tert-OH is 4. The Balaban J connectivity index is 3.04. The minimum absolute atomic E-state index is 0.123. The van der Waals surface area contributed by atoms with Gasteiger partial charge < -0.3 is 35.4 Å². The third-order valence-corrected chi connectivity index (χ3v) is 3.27. The predicted octanol–water partition coefficient (Wildman–Crippen LogP) is -3.49. The van der Waals surface area contributed by atoms with Gasteiger partial charge in [-0.05, 0) is 6.92 Å². The highest BCUT2D eigenvalue weighted by Crippen LogP contribution is 2.42. The van der Waals surface area contributed by atoms with E-state index in [2.05, 4.69) is 0 Å². The van der Waals surface area contributed by atoms with Crippen LogP contribution in [0.1, 0.15) is 13.3 Å². The Morgan fingerprint density at radius 3 is 2.06 bits per heavy atom. The maximum Gasteiger partial charge on any atom is 0.148 e. The Morgan fingerprint density at radius 1 is 1.25 bits per heavy atom. The average molecular weight is 236 g/mol. The Labute approximate surface area is 91.6 Å². The molecule has 0 aromatic rings. The highest BCUT2D eigenvalue weighted by molar-refractivity contribution is 5.56. The molecule has 1 fully saturated rings. The fraction of sp³-hybridized carbons (Fsp3) is 0.889. The van der Waals surface area contributed by atoms with E-state index >= 15 is 0 Å². The number of aldehydes is 1. The van der Waals surface area contributed by atoms with Gasteiger partial charge in [-0.3, -0.25) is 0 Å². The average Bonchev–Trinajstić information content (AvgIpc) is 2.33. The number of hydrogen-bond donors (Lipinski definition) is 6. The molecule has 0 heterocycles. The number of rotatable bonds is 3. The third-order valence-electron chi connectivity index (χ3n) is 3.27. The lowest BCUT2D eigenvalue weighted by Gasteiger charge is -2.38. The summed E-state index contributed by atoms with van der Waals surface area (Å²) in [5.74, 6) is 0. The van der Waals surface area contributed by atoms with Crippen LogP contribution >= 0.6 is 0 Å². The van der Waals surface area contributed by atoms with E-state index in [0.717, 1.165) is 6.92 Å². The van der Waals surface area contributed by atoms with Crippen molar-refractivity contribution in [3.63, 3.8) is 0 Å². The maximum absolute atomic E-state index is 10.3. The highest BCUT2D eigenvalue weighted by Gasteiger charge is 2.66. The van der Waals surface area contributed by atoms with Gasteiger partial charge in [0.1, 0.15) is 41.9 Å².